The van der Waals surface area contributed by atoms with E-state index in [1.807, 2.05) is 0 Å². The Bertz CT molecular complexity index is 564. The molecule has 0 bridgehead atoms. The molecule has 2 rings (SSSR count). The van der Waals surface area contributed by atoms with Gasteiger partial charge in [-0.25, -0.2) is 0 Å². The van der Waals surface area contributed by atoms with E-state index >= 15 is 0 Å². The SMILES string of the molecule is COc1cc(OC)c(C(=O)NNC2=NCCCCN2)c(OC)c1. The number of rotatable bonds is 4. The van der Waals surface area contributed by atoms with Gasteiger partial charge < -0.3 is 19.5 Å². The van der Waals surface area contributed by atoms with E-state index in [0.29, 0.717) is 23.2 Å². The Balaban J connectivity index is 2.16. The summed E-state index contributed by atoms with van der Waals surface area (Å²) in [5, 5.41) is 3.11. The van der Waals surface area contributed by atoms with E-state index < -0.39 is 5.91 Å². The second-order valence-corrected chi connectivity index (χ2v) is 4.85. The third-order valence-electron chi connectivity index (χ3n) is 3.38. The van der Waals surface area contributed by atoms with E-state index in [4.69, 9.17) is 14.2 Å². The van der Waals surface area contributed by atoms with Crippen molar-refractivity contribution in [1.29, 1.82) is 0 Å². The van der Waals surface area contributed by atoms with Crippen LogP contribution in [-0.2, 0) is 0 Å². The fourth-order valence-electron chi connectivity index (χ4n) is 2.18. The molecule has 1 heterocycles. The molecule has 0 saturated carbocycles. The molecule has 0 aromatic heterocycles. The van der Waals surface area contributed by atoms with E-state index in [0.717, 1.165) is 25.9 Å². The minimum Gasteiger partial charge on any atom is -0.496 e. The van der Waals surface area contributed by atoms with Gasteiger partial charge in [0.1, 0.15) is 22.8 Å². The number of amides is 1. The maximum Gasteiger partial charge on any atom is 0.277 e. The molecule has 8 heteroatoms. The molecule has 0 radical (unpaired) electrons. The number of nitrogens with zero attached hydrogens (tertiary/aromatic N) is 1. The molecule has 0 aliphatic carbocycles. The average Bonchev–Trinajstić information content (AvgIpc) is 2.87. The minimum absolute atomic E-state index is 0.275. The molecular formula is C15H22N4O4. The van der Waals surface area contributed by atoms with Gasteiger partial charge in [0.15, 0.2) is 0 Å². The lowest BCUT2D eigenvalue weighted by Crippen LogP contribution is -2.48. The van der Waals surface area contributed by atoms with Crippen LogP contribution in [0.15, 0.2) is 17.1 Å². The summed E-state index contributed by atoms with van der Waals surface area (Å²) in [5.74, 6) is 1.41. The highest BCUT2D eigenvalue weighted by molar-refractivity contribution is 6.01. The first-order valence-corrected chi connectivity index (χ1v) is 7.34. The van der Waals surface area contributed by atoms with Gasteiger partial charge in [-0.2, -0.15) is 0 Å². The maximum absolute atomic E-state index is 12.5. The van der Waals surface area contributed by atoms with E-state index in [-0.39, 0.29) is 5.56 Å². The molecule has 3 N–H and O–H groups in total. The van der Waals surface area contributed by atoms with Crippen LogP contribution < -0.4 is 30.4 Å². The smallest absolute Gasteiger partial charge is 0.277 e. The quantitative estimate of drug-likeness (QED) is 0.706. The van der Waals surface area contributed by atoms with Gasteiger partial charge >= 0.3 is 0 Å². The van der Waals surface area contributed by atoms with Crippen LogP contribution in [0.1, 0.15) is 23.2 Å². The molecule has 0 spiro atoms. The molecule has 1 aliphatic rings. The highest BCUT2D eigenvalue weighted by atomic mass is 16.5. The van der Waals surface area contributed by atoms with Gasteiger partial charge in [-0.05, 0) is 12.8 Å². The Labute approximate surface area is 135 Å². The van der Waals surface area contributed by atoms with Crippen LogP contribution >= 0.6 is 0 Å². The summed E-state index contributed by atoms with van der Waals surface area (Å²) < 4.78 is 15.7. The predicted octanol–water partition coefficient (Wildman–Crippen LogP) is 0.686. The Hall–Kier alpha value is -2.64. The summed E-state index contributed by atoms with van der Waals surface area (Å²) in [6.45, 7) is 1.54. The number of hydrazine groups is 1. The lowest BCUT2D eigenvalue weighted by Gasteiger charge is -2.16. The number of guanidine groups is 1. The molecule has 1 aromatic rings. The van der Waals surface area contributed by atoms with Gasteiger partial charge in [0.25, 0.3) is 5.91 Å². The molecule has 0 fully saturated rings. The third kappa shape index (κ3) is 4.18. The van der Waals surface area contributed by atoms with Gasteiger partial charge in [0.2, 0.25) is 5.96 Å². The van der Waals surface area contributed by atoms with Crippen molar-refractivity contribution in [2.24, 2.45) is 4.99 Å². The first-order chi connectivity index (χ1) is 11.2. The van der Waals surface area contributed by atoms with Crippen LogP contribution in [0.5, 0.6) is 17.2 Å². The summed E-state index contributed by atoms with van der Waals surface area (Å²) in [6, 6.07) is 3.25. The maximum atomic E-state index is 12.5. The van der Waals surface area contributed by atoms with Crippen molar-refractivity contribution in [3.63, 3.8) is 0 Å². The van der Waals surface area contributed by atoms with Crippen molar-refractivity contribution in [1.82, 2.24) is 16.2 Å². The Morgan fingerprint density at radius 3 is 2.43 bits per heavy atom. The number of carbonyl (C=O) groups excluding carboxylic acids is 1. The summed E-state index contributed by atoms with van der Waals surface area (Å²) in [7, 11) is 4.50. The van der Waals surface area contributed by atoms with Crippen molar-refractivity contribution < 1.29 is 19.0 Å². The number of methoxy groups -OCH3 is 3. The van der Waals surface area contributed by atoms with Gasteiger partial charge in [0.05, 0.1) is 21.3 Å². The molecule has 1 amide bonds. The van der Waals surface area contributed by atoms with E-state index in [1.165, 1.54) is 21.3 Å². The Morgan fingerprint density at radius 1 is 1.13 bits per heavy atom. The van der Waals surface area contributed by atoms with E-state index in [1.54, 1.807) is 12.1 Å². The predicted molar refractivity (Wildman–Crippen MR) is 86.2 cm³/mol. The summed E-state index contributed by atoms with van der Waals surface area (Å²) >= 11 is 0. The van der Waals surface area contributed by atoms with Crippen molar-refractivity contribution in [2.45, 2.75) is 12.8 Å². The Kier molecular flexibility index (Phi) is 5.90. The van der Waals surface area contributed by atoms with E-state index in [9.17, 15) is 4.79 Å². The van der Waals surface area contributed by atoms with Crippen LogP contribution in [-0.4, -0.2) is 46.3 Å². The second kappa shape index (κ2) is 8.11. The Morgan fingerprint density at radius 2 is 1.83 bits per heavy atom. The largest absolute Gasteiger partial charge is 0.496 e. The van der Waals surface area contributed by atoms with Crippen LogP contribution in [0.4, 0.5) is 0 Å². The first kappa shape index (κ1) is 16.7. The zero-order valence-electron chi connectivity index (χ0n) is 13.6. The molecule has 23 heavy (non-hydrogen) atoms. The van der Waals surface area contributed by atoms with Gasteiger partial charge in [-0.1, -0.05) is 0 Å². The fourth-order valence-corrected chi connectivity index (χ4v) is 2.18. The molecule has 0 saturated heterocycles. The lowest BCUT2D eigenvalue weighted by molar-refractivity contribution is 0.0937. The monoisotopic (exact) mass is 322 g/mol. The third-order valence-corrected chi connectivity index (χ3v) is 3.38. The normalized spacial score (nSPS) is 14.0. The van der Waals surface area contributed by atoms with Gasteiger partial charge in [-0.3, -0.25) is 20.6 Å². The number of ether oxygens (including phenoxy) is 3. The first-order valence-electron chi connectivity index (χ1n) is 7.34. The molecule has 1 aromatic carbocycles. The number of hydrogen-bond donors (Lipinski definition) is 3. The van der Waals surface area contributed by atoms with Crippen molar-refractivity contribution in [3.8, 4) is 17.2 Å². The highest BCUT2D eigenvalue weighted by Gasteiger charge is 2.20. The molecular weight excluding hydrogens is 300 g/mol. The number of benzene rings is 1. The summed E-state index contributed by atoms with van der Waals surface area (Å²) in [6.07, 6.45) is 2.06. The zero-order chi connectivity index (χ0) is 16.7. The minimum atomic E-state index is -0.393. The van der Waals surface area contributed by atoms with Crippen molar-refractivity contribution in [2.75, 3.05) is 34.4 Å². The number of nitrogens with one attached hydrogen (secondary N) is 3. The summed E-state index contributed by atoms with van der Waals surface area (Å²) in [5.41, 5.74) is 5.66. The number of carbonyl (C=O) groups is 1. The summed E-state index contributed by atoms with van der Waals surface area (Å²) in [4.78, 5) is 16.8. The average molecular weight is 322 g/mol. The molecule has 0 unspecified atom stereocenters. The van der Waals surface area contributed by atoms with Crippen LogP contribution in [0.25, 0.3) is 0 Å². The van der Waals surface area contributed by atoms with Crippen LogP contribution in [0.3, 0.4) is 0 Å². The number of hydrogen-bond acceptors (Lipinski definition) is 7. The van der Waals surface area contributed by atoms with Crippen molar-refractivity contribution in [3.05, 3.63) is 17.7 Å². The molecule has 126 valence electrons. The second-order valence-electron chi connectivity index (χ2n) is 4.85. The lowest BCUT2D eigenvalue weighted by atomic mass is 10.1. The highest BCUT2D eigenvalue weighted by Crippen LogP contribution is 2.33. The van der Waals surface area contributed by atoms with Crippen molar-refractivity contribution >= 4 is 11.9 Å². The van der Waals surface area contributed by atoms with Crippen LogP contribution in [0, 0.1) is 0 Å². The van der Waals surface area contributed by atoms with Gasteiger partial charge in [0, 0.05) is 25.2 Å². The van der Waals surface area contributed by atoms with E-state index in [2.05, 4.69) is 21.2 Å². The molecule has 0 atom stereocenters. The zero-order valence-corrected chi connectivity index (χ0v) is 13.6. The topological polar surface area (TPSA) is 93.2 Å². The standard InChI is InChI=1S/C15H22N4O4/c1-21-10-8-11(22-2)13(12(9-10)23-3)14(20)18-19-15-16-6-4-5-7-17-15/h8-9H,4-7H2,1-3H3,(H,18,20)(H2,16,17,19). The van der Waals surface area contributed by atoms with Crippen LogP contribution in [0.2, 0.25) is 0 Å². The fraction of sp³-hybridized carbons (Fsp3) is 0.467. The molecule has 8 nitrogen and oxygen atoms in total. The van der Waals surface area contributed by atoms with Gasteiger partial charge in [-0.15, -0.1) is 0 Å². The molecule has 1 aliphatic heterocycles. The number of aliphatic imine (C=N–C) groups is 1.